The van der Waals surface area contributed by atoms with E-state index in [9.17, 15) is 4.79 Å². The van der Waals surface area contributed by atoms with E-state index in [1.54, 1.807) is 29.2 Å². The molecule has 8 nitrogen and oxygen atoms in total. The first-order valence-corrected chi connectivity index (χ1v) is 9.99. The number of nitrogens with zero attached hydrogens (tertiary/aromatic N) is 3. The number of amides is 2. The molecule has 4 N–H and O–H groups in total. The maximum Gasteiger partial charge on any atom is 0.320 e. The summed E-state index contributed by atoms with van der Waals surface area (Å²) >= 11 is 6.19. The molecule has 3 heterocycles. The Balaban J connectivity index is 1.42. The lowest BCUT2D eigenvalue weighted by Gasteiger charge is -2.27. The van der Waals surface area contributed by atoms with Gasteiger partial charge in [0.25, 0.3) is 0 Å². The molecule has 0 fully saturated rings. The fourth-order valence-corrected chi connectivity index (χ4v) is 3.50. The summed E-state index contributed by atoms with van der Waals surface area (Å²) in [6.07, 6.45) is 4.11. The molecule has 0 bridgehead atoms. The van der Waals surface area contributed by atoms with Crippen LogP contribution in [0.25, 0.3) is 5.82 Å². The molecule has 9 heteroatoms. The van der Waals surface area contributed by atoms with E-state index in [0.29, 0.717) is 35.4 Å². The second-order valence-corrected chi connectivity index (χ2v) is 8.13. The topological polar surface area (TPSA) is 107 Å². The van der Waals surface area contributed by atoms with Crippen molar-refractivity contribution in [3.63, 3.8) is 0 Å². The van der Waals surface area contributed by atoms with Crippen molar-refractivity contribution in [3.05, 3.63) is 64.9 Å². The highest BCUT2D eigenvalue weighted by Gasteiger charge is 2.25. The second kappa shape index (κ2) is 7.97. The van der Waals surface area contributed by atoms with Gasteiger partial charge in [-0.05, 0) is 31.5 Å². The van der Waals surface area contributed by atoms with Crippen LogP contribution < -0.4 is 21.1 Å². The molecule has 0 saturated heterocycles. The van der Waals surface area contributed by atoms with Crippen molar-refractivity contribution in [3.8, 4) is 11.6 Å². The molecule has 1 aliphatic rings. The number of anilines is 1. The van der Waals surface area contributed by atoms with Crippen LogP contribution in [0.5, 0.6) is 5.75 Å². The molecule has 3 aromatic rings. The summed E-state index contributed by atoms with van der Waals surface area (Å²) in [7, 11) is 0. The number of urea groups is 1. The number of rotatable bonds is 4. The Kier molecular flexibility index (Phi) is 5.36. The lowest BCUT2D eigenvalue weighted by atomic mass is 9.98. The van der Waals surface area contributed by atoms with E-state index in [1.807, 2.05) is 38.1 Å². The first-order chi connectivity index (χ1) is 14.3. The lowest BCUT2D eigenvalue weighted by molar-refractivity contribution is 0.232. The number of nitrogens with two attached hydrogens (primary N) is 1. The summed E-state index contributed by atoms with van der Waals surface area (Å²) in [5.41, 5.74) is 7.41. The molecule has 0 radical (unpaired) electrons. The fraction of sp³-hybridized carbons (Fsp3) is 0.286. The Hall–Kier alpha value is -3.10. The first-order valence-electron chi connectivity index (χ1n) is 9.61. The second-order valence-electron chi connectivity index (χ2n) is 7.72. The molecule has 2 amide bonds. The van der Waals surface area contributed by atoms with Crippen molar-refractivity contribution >= 4 is 23.4 Å². The van der Waals surface area contributed by atoms with Crippen LogP contribution in [0, 0.1) is 0 Å². The normalized spacial score (nSPS) is 15.8. The smallest absolute Gasteiger partial charge is 0.320 e. The van der Waals surface area contributed by atoms with Crippen LogP contribution >= 0.6 is 11.6 Å². The lowest BCUT2D eigenvalue weighted by Crippen LogP contribution is -2.35. The molecule has 30 heavy (non-hydrogen) atoms. The zero-order chi connectivity index (χ0) is 21.3. The number of hydrogen-bond donors (Lipinski definition) is 3. The largest absolute Gasteiger partial charge is 0.492 e. The summed E-state index contributed by atoms with van der Waals surface area (Å²) in [6, 6.07) is 10.4. The number of nitrogens with one attached hydrogen (secondary N) is 2. The van der Waals surface area contributed by atoms with E-state index in [0.717, 1.165) is 11.1 Å². The van der Waals surface area contributed by atoms with Gasteiger partial charge in [0.15, 0.2) is 11.6 Å². The minimum atomic E-state index is -0.465. The van der Waals surface area contributed by atoms with E-state index in [-0.39, 0.29) is 12.1 Å². The summed E-state index contributed by atoms with van der Waals surface area (Å²) in [6.45, 7) is 4.32. The van der Waals surface area contributed by atoms with Gasteiger partial charge in [0.2, 0.25) is 0 Å². The fourth-order valence-electron chi connectivity index (χ4n) is 3.27. The minimum absolute atomic E-state index is 0.191. The Morgan fingerprint density at radius 1 is 1.30 bits per heavy atom. The predicted octanol–water partition coefficient (Wildman–Crippen LogP) is 3.76. The third-order valence-corrected chi connectivity index (χ3v) is 5.19. The highest BCUT2D eigenvalue weighted by Crippen LogP contribution is 2.37. The molecule has 2 aromatic heterocycles. The SMILES string of the molecule is CC(C)(N)c1ccc(-n2ccc(NC(=O)N[C@H]3CCOc4c(Cl)cccc43)n2)nc1. The quantitative estimate of drug-likeness (QED) is 0.588. The molecule has 0 aliphatic carbocycles. The molecular formula is C21H23ClN6O2. The van der Waals surface area contributed by atoms with Gasteiger partial charge in [0.1, 0.15) is 5.75 Å². The number of carbonyl (C=O) groups is 1. The van der Waals surface area contributed by atoms with Gasteiger partial charge in [-0.2, -0.15) is 0 Å². The zero-order valence-corrected chi connectivity index (χ0v) is 17.5. The van der Waals surface area contributed by atoms with Crippen molar-refractivity contribution in [2.75, 3.05) is 11.9 Å². The van der Waals surface area contributed by atoms with E-state index in [4.69, 9.17) is 22.1 Å². The number of fused-ring (bicyclic) bond motifs is 1. The molecule has 0 saturated carbocycles. The monoisotopic (exact) mass is 426 g/mol. The summed E-state index contributed by atoms with van der Waals surface area (Å²) in [5.74, 6) is 1.66. The highest BCUT2D eigenvalue weighted by molar-refractivity contribution is 6.32. The average molecular weight is 427 g/mol. The average Bonchev–Trinajstić information content (AvgIpc) is 3.16. The van der Waals surface area contributed by atoms with Crippen molar-refractivity contribution in [2.24, 2.45) is 5.73 Å². The Labute approximate surface area is 179 Å². The van der Waals surface area contributed by atoms with Gasteiger partial charge in [-0.25, -0.2) is 14.5 Å². The third kappa shape index (κ3) is 4.24. The molecule has 1 aromatic carbocycles. The number of pyridine rings is 1. The standard InChI is InChI=1S/C21H23ClN6O2/c1-21(2,23)13-6-7-18(24-12-13)28-10-8-17(27-28)26-20(29)25-16-9-11-30-19-14(16)4-3-5-15(19)22/h3-8,10,12,16H,9,11,23H2,1-2H3,(H2,25,26,27,29)/t16-/m0/s1. The Morgan fingerprint density at radius 2 is 2.13 bits per heavy atom. The number of hydrogen-bond acceptors (Lipinski definition) is 5. The highest BCUT2D eigenvalue weighted by atomic mass is 35.5. The maximum absolute atomic E-state index is 12.5. The van der Waals surface area contributed by atoms with E-state index >= 15 is 0 Å². The van der Waals surface area contributed by atoms with Gasteiger partial charge < -0.3 is 15.8 Å². The molecule has 156 valence electrons. The molecule has 0 spiro atoms. The van der Waals surface area contributed by atoms with Gasteiger partial charge in [-0.1, -0.05) is 29.8 Å². The predicted molar refractivity (Wildman–Crippen MR) is 115 cm³/mol. The molecule has 4 rings (SSSR count). The molecule has 1 atom stereocenters. The third-order valence-electron chi connectivity index (χ3n) is 4.89. The van der Waals surface area contributed by atoms with Crippen LogP contribution in [0.2, 0.25) is 5.02 Å². The summed E-state index contributed by atoms with van der Waals surface area (Å²) in [5, 5.41) is 10.6. The Morgan fingerprint density at radius 3 is 2.87 bits per heavy atom. The van der Waals surface area contributed by atoms with Crippen LogP contribution in [-0.4, -0.2) is 27.4 Å². The van der Waals surface area contributed by atoms with Crippen LogP contribution in [-0.2, 0) is 5.54 Å². The van der Waals surface area contributed by atoms with Crippen LogP contribution in [0.3, 0.4) is 0 Å². The van der Waals surface area contributed by atoms with Gasteiger partial charge in [0, 0.05) is 36.0 Å². The van der Waals surface area contributed by atoms with Crippen LogP contribution in [0.1, 0.15) is 37.4 Å². The number of carbonyl (C=O) groups excluding carboxylic acids is 1. The number of para-hydroxylation sites is 1. The van der Waals surface area contributed by atoms with E-state index < -0.39 is 5.54 Å². The van der Waals surface area contributed by atoms with Crippen molar-refractivity contribution in [2.45, 2.75) is 31.8 Å². The van der Waals surface area contributed by atoms with E-state index in [1.165, 1.54) is 0 Å². The number of benzene rings is 1. The van der Waals surface area contributed by atoms with Gasteiger partial charge in [-0.15, -0.1) is 5.10 Å². The maximum atomic E-state index is 12.5. The van der Waals surface area contributed by atoms with Crippen LogP contribution in [0.4, 0.5) is 10.6 Å². The molecule has 0 unspecified atom stereocenters. The van der Waals surface area contributed by atoms with Crippen molar-refractivity contribution in [1.29, 1.82) is 0 Å². The Bertz CT molecular complexity index is 1060. The van der Waals surface area contributed by atoms with Crippen LogP contribution in [0.15, 0.2) is 48.8 Å². The zero-order valence-electron chi connectivity index (χ0n) is 16.7. The van der Waals surface area contributed by atoms with Crippen molar-refractivity contribution < 1.29 is 9.53 Å². The van der Waals surface area contributed by atoms with Crippen molar-refractivity contribution in [1.82, 2.24) is 20.1 Å². The van der Waals surface area contributed by atoms with Gasteiger partial charge in [0.05, 0.1) is 17.7 Å². The summed E-state index contributed by atoms with van der Waals surface area (Å²) < 4.78 is 7.22. The number of ether oxygens (including phenoxy) is 1. The molecule has 1 aliphatic heterocycles. The number of aromatic nitrogens is 3. The van der Waals surface area contributed by atoms with Gasteiger partial charge >= 0.3 is 6.03 Å². The molecular weight excluding hydrogens is 404 g/mol. The van der Waals surface area contributed by atoms with E-state index in [2.05, 4.69) is 20.7 Å². The number of halogens is 1. The minimum Gasteiger partial charge on any atom is -0.492 e. The first kappa shape index (κ1) is 20.2. The summed E-state index contributed by atoms with van der Waals surface area (Å²) in [4.78, 5) is 16.9. The van der Waals surface area contributed by atoms with Gasteiger partial charge in [-0.3, -0.25) is 5.32 Å².